The maximum Gasteiger partial charge on any atom is 0.253 e. The number of nitrogens with two attached hydrogens (primary N) is 1. The molecule has 0 spiro atoms. The number of piperazine rings is 1. The molecule has 5 nitrogen and oxygen atoms in total. The summed E-state index contributed by atoms with van der Waals surface area (Å²) in [6.07, 6.45) is 0.543. The van der Waals surface area contributed by atoms with Crippen LogP contribution in [0.15, 0.2) is 24.3 Å². The van der Waals surface area contributed by atoms with Gasteiger partial charge in [0.05, 0.1) is 4.99 Å². The number of benzene rings is 1. The minimum Gasteiger partial charge on any atom is -0.393 e. The maximum absolute atomic E-state index is 12.4. The number of carbonyl (C=O) groups is 2. The first-order valence-electron chi connectivity index (χ1n) is 6.89. The van der Waals surface area contributed by atoms with Crippen molar-refractivity contribution < 1.29 is 9.59 Å². The van der Waals surface area contributed by atoms with Crippen molar-refractivity contribution in [1.82, 2.24) is 9.80 Å². The predicted octanol–water partition coefficient (Wildman–Crippen LogP) is 0.820. The molecule has 2 N–H and O–H groups in total. The molecule has 6 heteroatoms. The number of nitrogens with zero attached hydrogens (tertiary/aromatic N) is 2. The van der Waals surface area contributed by atoms with Crippen molar-refractivity contribution in [2.24, 2.45) is 5.73 Å². The lowest BCUT2D eigenvalue weighted by Crippen LogP contribution is -2.50. The van der Waals surface area contributed by atoms with Crippen molar-refractivity contribution in [2.75, 3.05) is 26.2 Å². The van der Waals surface area contributed by atoms with E-state index in [9.17, 15) is 9.59 Å². The molecule has 0 radical (unpaired) electrons. The number of thiocarbonyl (C=S) groups is 1. The van der Waals surface area contributed by atoms with Crippen molar-refractivity contribution in [3.63, 3.8) is 0 Å². The number of rotatable bonds is 3. The van der Waals surface area contributed by atoms with Gasteiger partial charge in [0.1, 0.15) is 0 Å². The third kappa shape index (κ3) is 4.01. The number of amides is 2. The molecule has 21 heavy (non-hydrogen) atoms. The van der Waals surface area contributed by atoms with E-state index in [2.05, 4.69) is 0 Å². The molecule has 2 rings (SSSR count). The molecule has 1 aliphatic rings. The first-order valence-corrected chi connectivity index (χ1v) is 7.30. The van der Waals surface area contributed by atoms with Crippen LogP contribution >= 0.6 is 12.2 Å². The monoisotopic (exact) mass is 305 g/mol. The Balaban J connectivity index is 1.97. The minimum atomic E-state index is 0.0000713. The largest absolute Gasteiger partial charge is 0.393 e. The molecule has 0 unspecified atom stereocenters. The smallest absolute Gasteiger partial charge is 0.253 e. The molecular weight excluding hydrogens is 286 g/mol. The van der Waals surface area contributed by atoms with Gasteiger partial charge in [0.25, 0.3) is 5.91 Å². The standard InChI is InChI=1S/C15H19N3O2S/c1-11(19)17-6-8-18(9-7-17)15(20)13-4-2-12(3-5-13)10-14(16)21/h2-5H,6-10H2,1H3,(H2,16,21). The molecule has 0 bridgehead atoms. The first-order chi connectivity index (χ1) is 9.97. The van der Waals surface area contributed by atoms with E-state index < -0.39 is 0 Å². The fourth-order valence-electron chi connectivity index (χ4n) is 2.37. The van der Waals surface area contributed by atoms with E-state index in [1.165, 1.54) is 0 Å². The van der Waals surface area contributed by atoms with E-state index in [1.807, 2.05) is 12.1 Å². The van der Waals surface area contributed by atoms with Crippen LogP contribution in [0, 0.1) is 0 Å². The van der Waals surface area contributed by atoms with Crippen LogP contribution in [0.4, 0.5) is 0 Å². The fourth-order valence-corrected chi connectivity index (χ4v) is 2.54. The van der Waals surface area contributed by atoms with Gasteiger partial charge in [-0.3, -0.25) is 9.59 Å². The van der Waals surface area contributed by atoms with Crippen LogP contribution in [0.5, 0.6) is 0 Å². The van der Waals surface area contributed by atoms with Crippen LogP contribution in [-0.4, -0.2) is 52.8 Å². The highest BCUT2D eigenvalue weighted by atomic mass is 32.1. The zero-order valence-electron chi connectivity index (χ0n) is 12.0. The van der Waals surface area contributed by atoms with Gasteiger partial charge in [0, 0.05) is 45.1 Å². The highest BCUT2D eigenvalue weighted by molar-refractivity contribution is 7.80. The van der Waals surface area contributed by atoms with Crippen LogP contribution in [0.2, 0.25) is 0 Å². The Labute approximate surface area is 129 Å². The van der Waals surface area contributed by atoms with E-state index >= 15 is 0 Å². The van der Waals surface area contributed by atoms with Crippen molar-refractivity contribution in [3.05, 3.63) is 35.4 Å². The minimum absolute atomic E-state index is 0.0000713. The lowest BCUT2D eigenvalue weighted by Gasteiger charge is -2.34. The van der Waals surface area contributed by atoms with Gasteiger partial charge < -0.3 is 15.5 Å². The van der Waals surface area contributed by atoms with Crippen LogP contribution < -0.4 is 5.73 Å². The van der Waals surface area contributed by atoms with Crippen LogP contribution in [-0.2, 0) is 11.2 Å². The van der Waals surface area contributed by atoms with E-state index in [0.717, 1.165) is 5.56 Å². The summed E-state index contributed by atoms with van der Waals surface area (Å²) in [4.78, 5) is 27.6. The van der Waals surface area contributed by atoms with Gasteiger partial charge in [-0.25, -0.2) is 0 Å². The summed E-state index contributed by atoms with van der Waals surface area (Å²) < 4.78 is 0. The third-order valence-corrected chi connectivity index (χ3v) is 3.74. The molecule has 112 valence electrons. The maximum atomic E-state index is 12.4. The fraction of sp³-hybridized carbons (Fsp3) is 0.400. The summed E-state index contributed by atoms with van der Waals surface area (Å²) in [6, 6.07) is 7.34. The number of carbonyl (C=O) groups excluding carboxylic acids is 2. The second-order valence-electron chi connectivity index (χ2n) is 5.14. The zero-order valence-corrected chi connectivity index (χ0v) is 12.9. The van der Waals surface area contributed by atoms with E-state index in [1.54, 1.807) is 28.9 Å². The predicted molar refractivity (Wildman–Crippen MR) is 85.1 cm³/mol. The molecule has 1 aromatic rings. The molecule has 1 aromatic carbocycles. The van der Waals surface area contributed by atoms with Crippen LogP contribution in [0.1, 0.15) is 22.8 Å². The molecule has 1 heterocycles. The highest BCUT2D eigenvalue weighted by Gasteiger charge is 2.23. The Kier molecular flexibility index (Phi) is 4.90. The van der Waals surface area contributed by atoms with Gasteiger partial charge in [-0.2, -0.15) is 0 Å². The van der Waals surface area contributed by atoms with Gasteiger partial charge in [-0.1, -0.05) is 24.4 Å². The van der Waals surface area contributed by atoms with Gasteiger partial charge in [0.2, 0.25) is 5.91 Å². The average Bonchev–Trinajstić information content (AvgIpc) is 2.47. The molecule has 0 aromatic heterocycles. The Morgan fingerprint density at radius 2 is 1.62 bits per heavy atom. The lowest BCUT2D eigenvalue weighted by atomic mass is 10.1. The molecule has 0 atom stereocenters. The molecule has 1 aliphatic heterocycles. The Bertz CT molecular complexity index is 549. The van der Waals surface area contributed by atoms with Gasteiger partial charge in [-0.15, -0.1) is 0 Å². The second kappa shape index (κ2) is 6.67. The Hall–Kier alpha value is -1.95. The van der Waals surface area contributed by atoms with Crippen molar-refractivity contribution in [1.29, 1.82) is 0 Å². The lowest BCUT2D eigenvalue weighted by molar-refractivity contribution is -0.130. The highest BCUT2D eigenvalue weighted by Crippen LogP contribution is 2.11. The molecule has 2 amide bonds. The summed E-state index contributed by atoms with van der Waals surface area (Å²) in [5.74, 6) is 0.0595. The van der Waals surface area contributed by atoms with Crippen molar-refractivity contribution in [2.45, 2.75) is 13.3 Å². The van der Waals surface area contributed by atoms with Crippen LogP contribution in [0.3, 0.4) is 0 Å². The second-order valence-corrected chi connectivity index (χ2v) is 5.66. The van der Waals surface area contributed by atoms with Crippen molar-refractivity contribution in [3.8, 4) is 0 Å². The molecular formula is C15H19N3O2S. The summed E-state index contributed by atoms with van der Waals surface area (Å²) >= 11 is 4.87. The Morgan fingerprint density at radius 1 is 1.10 bits per heavy atom. The van der Waals surface area contributed by atoms with E-state index in [0.29, 0.717) is 43.2 Å². The quantitative estimate of drug-likeness (QED) is 0.840. The molecule has 1 saturated heterocycles. The summed E-state index contributed by atoms with van der Waals surface area (Å²) in [7, 11) is 0. The average molecular weight is 305 g/mol. The summed E-state index contributed by atoms with van der Waals surface area (Å²) in [5.41, 5.74) is 7.15. The topological polar surface area (TPSA) is 66.6 Å². The first kappa shape index (κ1) is 15.4. The SMILES string of the molecule is CC(=O)N1CCN(C(=O)c2ccc(CC(N)=S)cc2)CC1. The normalized spacial score (nSPS) is 14.9. The number of hydrogen-bond donors (Lipinski definition) is 1. The van der Waals surface area contributed by atoms with E-state index in [4.69, 9.17) is 18.0 Å². The van der Waals surface area contributed by atoms with E-state index in [-0.39, 0.29) is 11.8 Å². The van der Waals surface area contributed by atoms with Crippen LogP contribution in [0.25, 0.3) is 0 Å². The van der Waals surface area contributed by atoms with Gasteiger partial charge >= 0.3 is 0 Å². The molecule has 0 aliphatic carbocycles. The molecule has 1 fully saturated rings. The third-order valence-electron chi connectivity index (χ3n) is 3.59. The summed E-state index contributed by atoms with van der Waals surface area (Å²) in [6.45, 7) is 3.90. The van der Waals surface area contributed by atoms with Crippen molar-refractivity contribution >= 4 is 29.0 Å². The molecule has 0 saturated carbocycles. The Morgan fingerprint density at radius 3 is 2.10 bits per heavy atom. The van der Waals surface area contributed by atoms with Gasteiger partial charge in [0.15, 0.2) is 0 Å². The summed E-state index contributed by atoms with van der Waals surface area (Å²) in [5, 5.41) is 0. The number of hydrogen-bond acceptors (Lipinski definition) is 3. The van der Waals surface area contributed by atoms with Gasteiger partial charge in [-0.05, 0) is 17.7 Å². The zero-order chi connectivity index (χ0) is 15.4.